The van der Waals surface area contributed by atoms with Gasteiger partial charge in [-0.05, 0) is 31.3 Å². The third kappa shape index (κ3) is 2.53. The highest BCUT2D eigenvalue weighted by Crippen LogP contribution is 2.29. The lowest BCUT2D eigenvalue weighted by atomic mass is 9.80. The molecule has 13 heavy (non-hydrogen) atoms. The summed E-state index contributed by atoms with van der Waals surface area (Å²) in [5, 5.41) is 27.5. The van der Waals surface area contributed by atoms with Crippen LogP contribution in [0.15, 0.2) is 11.6 Å². The minimum Gasteiger partial charge on any atom is -0.396 e. The third-order valence-electron chi connectivity index (χ3n) is 2.93. The van der Waals surface area contributed by atoms with Crippen LogP contribution in [0.4, 0.5) is 0 Å². The van der Waals surface area contributed by atoms with Crippen LogP contribution in [0.3, 0.4) is 0 Å². The fraction of sp³-hybridized carbons (Fsp3) is 0.800. The first-order valence-electron chi connectivity index (χ1n) is 4.75. The van der Waals surface area contributed by atoms with E-state index >= 15 is 0 Å². The summed E-state index contributed by atoms with van der Waals surface area (Å²) < 4.78 is 0. The number of rotatable bonds is 3. The molecule has 3 N–H and O–H groups in total. The van der Waals surface area contributed by atoms with Crippen LogP contribution >= 0.6 is 0 Å². The van der Waals surface area contributed by atoms with Crippen molar-refractivity contribution in [2.75, 3.05) is 13.2 Å². The predicted molar refractivity (Wildman–Crippen MR) is 50.1 cm³/mol. The van der Waals surface area contributed by atoms with Gasteiger partial charge in [0.25, 0.3) is 0 Å². The summed E-state index contributed by atoms with van der Waals surface area (Å²) in [6.45, 7) is 1.91. The van der Waals surface area contributed by atoms with Crippen LogP contribution in [0.2, 0.25) is 0 Å². The Morgan fingerprint density at radius 1 is 1.46 bits per heavy atom. The van der Waals surface area contributed by atoms with Gasteiger partial charge in [-0.2, -0.15) is 0 Å². The third-order valence-corrected chi connectivity index (χ3v) is 2.93. The van der Waals surface area contributed by atoms with Crippen molar-refractivity contribution in [1.82, 2.24) is 0 Å². The molecule has 0 radical (unpaired) electrons. The van der Waals surface area contributed by atoms with Crippen LogP contribution in [0.5, 0.6) is 0 Å². The summed E-state index contributed by atoms with van der Waals surface area (Å²) in [5.41, 5.74) is 1.01. The second-order valence-electron chi connectivity index (χ2n) is 3.82. The first-order chi connectivity index (χ1) is 6.19. The van der Waals surface area contributed by atoms with E-state index in [0.29, 0.717) is 6.42 Å². The molecule has 0 aliphatic heterocycles. The molecular formula is C10H18O3. The molecule has 0 bridgehead atoms. The van der Waals surface area contributed by atoms with E-state index in [-0.39, 0.29) is 31.2 Å². The van der Waals surface area contributed by atoms with E-state index in [4.69, 9.17) is 10.2 Å². The molecule has 0 saturated carbocycles. The molecule has 76 valence electrons. The minimum atomic E-state index is -0.389. The molecule has 2 unspecified atom stereocenters. The van der Waals surface area contributed by atoms with Gasteiger partial charge in [-0.25, -0.2) is 0 Å². The van der Waals surface area contributed by atoms with Gasteiger partial charge in [0.2, 0.25) is 0 Å². The standard InChI is InChI=1S/C10H18O3/c1-7-2-3-8(4-10(7)13)9(5-11)6-12/h2,8-13H,3-6H2,1H3. The van der Waals surface area contributed by atoms with Gasteiger partial charge in [-0.1, -0.05) is 6.08 Å². The highest BCUT2D eigenvalue weighted by atomic mass is 16.3. The maximum atomic E-state index is 9.56. The molecular weight excluding hydrogens is 168 g/mol. The summed E-state index contributed by atoms with van der Waals surface area (Å²) in [6, 6.07) is 0. The Labute approximate surface area is 78.7 Å². The molecule has 1 aliphatic rings. The average molecular weight is 186 g/mol. The summed E-state index contributed by atoms with van der Waals surface area (Å²) >= 11 is 0. The number of aliphatic hydroxyl groups is 3. The smallest absolute Gasteiger partial charge is 0.0750 e. The zero-order valence-corrected chi connectivity index (χ0v) is 7.98. The van der Waals surface area contributed by atoms with Crippen LogP contribution in [-0.2, 0) is 0 Å². The van der Waals surface area contributed by atoms with Crippen molar-refractivity contribution in [3.8, 4) is 0 Å². The Hall–Kier alpha value is -0.380. The van der Waals surface area contributed by atoms with Gasteiger partial charge in [-0.3, -0.25) is 0 Å². The van der Waals surface area contributed by atoms with Crippen molar-refractivity contribution in [3.63, 3.8) is 0 Å². The van der Waals surface area contributed by atoms with Crippen LogP contribution in [0, 0.1) is 11.8 Å². The molecule has 0 aromatic heterocycles. The fourth-order valence-electron chi connectivity index (χ4n) is 1.78. The first-order valence-corrected chi connectivity index (χ1v) is 4.75. The van der Waals surface area contributed by atoms with E-state index in [0.717, 1.165) is 12.0 Å². The number of hydrogen-bond acceptors (Lipinski definition) is 3. The maximum Gasteiger partial charge on any atom is 0.0750 e. The average Bonchev–Trinajstić information content (AvgIpc) is 2.13. The topological polar surface area (TPSA) is 60.7 Å². The van der Waals surface area contributed by atoms with Crippen molar-refractivity contribution in [2.24, 2.45) is 11.8 Å². The summed E-state index contributed by atoms with van der Waals surface area (Å²) in [7, 11) is 0. The Balaban J connectivity index is 2.55. The van der Waals surface area contributed by atoms with Gasteiger partial charge in [0.05, 0.1) is 6.10 Å². The molecule has 0 heterocycles. The van der Waals surface area contributed by atoms with Gasteiger partial charge in [0.1, 0.15) is 0 Å². The Morgan fingerprint density at radius 3 is 2.54 bits per heavy atom. The van der Waals surface area contributed by atoms with E-state index < -0.39 is 0 Å². The molecule has 0 spiro atoms. The minimum absolute atomic E-state index is 0.000768. The SMILES string of the molecule is CC1=CCC(C(CO)CO)CC1O. The van der Waals surface area contributed by atoms with Gasteiger partial charge in [0.15, 0.2) is 0 Å². The molecule has 2 atom stereocenters. The summed E-state index contributed by atoms with van der Waals surface area (Å²) in [4.78, 5) is 0. The summed E-state index contributed by atoms with van der Waals surface area (Å²) in [6.07, 6.45) is 3.12. The van der Waals surface area contributed by atoms with Crippen LogP contribution in [0.1, 0.15) is 19.8 Å². The first kappa shape index (κ1) is 10.7. The lowest BCUT2D eigenvalue weighted by Gasteiger charge is -2.29. The Kier molecular flexibility index (Phi) is 3.90. The number of hydrogen-bond donors (Lipinski definition) is 3. The normalized spacial score (nSPS) is 29.2. The summed E-state index contributed by atoms with van der Waals surface area (Å²) in [5.74, 6) is 0.132. The maximum absolute atomic E-state index is 9.56. The highest BCUT2D eigenvalue weighted by molar-refractivity contribution is 5.09. The molecule has 0 aromatic rings. The van der Waals surface area contributed by atoms with E-state index in [1.807, 2.05) is 13.0 Å². The van der Waals surface area contributed by atoms with Crippen molar-refractivity contribution in [1.29, 1.82) is 0 Å². The largest absolute Gasteiger partial charge is 0.396 e. The van der Waals surface area contributed by atoms with Crippen molar-refractivity contribution in [2.45, 2.75) is 25.9 Å². The second-order valence-corrected chi connectivity index (χ2v) is 3.82. The predicted octanol–water partition coefficient (Wildman–Crippen LogP) is 0.304. The fourth-order valence-corrected chi connectivity index (χ4v) is 1.78. The van der Waals surface area contributed by atoms with Crippen molar-refractivity contribution < 1.29 is 15.3 Å². The van der Waals surface area contributed by atoms with E-state index in [1.54, 1.807) is 0 Å². The van der Waals surface area contributed by atoms with Crippen molar-refractivity contribution >= 4 is 0 Å². The van der Waals surface area contributed by atoms with E-state index in [9.17, 15) is 5.11 Å². The lowest BCUT2D eigenvalue weighted by molar-refractivity contribution is 0.0728. The van der Waals surface area contributed by atoms with Gasteiger partial charge in [-0.15, -0.1) is 0 Å². The van der Waals surface area contributed by atoms with Gasteiger partial charge in [0, 0.05) is 19.1 Å². The second kappa shape index (κ2) is 4.74. The van der Waals surface area contributed by atoms with Crippen LogP contribution in [-0.4, -0.2) is 34.6 Å². The number of aliphatic hydroxyl groups excluding tert-OH is 3. The van der Waals surface area contributed by atoms with E-state index in [1.165, 1.54) is 0 Å². The molecule has 0 fully saturated rings. The van der Waals surface area contributed by atoms with Crippen molar-refractivity contribution in [3.05, 3.63) is 11.6 Å². The Bertz CT molecular complexity index is 185. The molecule has 0 aromatic carbocycles. The molecule has 3 heteroatoms. The lowest BCUT2D eigenvalue weighted by Crippen LogP contribution is -2.29. The highest BCUT2D eigenvalue weighted by Gasteiger charge is 2.26. The van der Waals surface area contributed by atoms with Gasteiger partial charge >= 0.3 is 0 Å². The zero-order valence-electron chi connectivity index (χ0n) is 7.98. The molecule has 0 saturated heterocycles. The monoisotopic (exact) mass is 186 g/mol. The quantitative estimate of drug-likeness (QED) is 0.556. The molecule has 1 rings (SSSR count). The van der Waals surface area contributed by atoms with Gasteiger partial charge < -0.3 is 15.3 Å². The molecule has 1 aliphatic carbocycles. The zero-order chi connectivity index (χ0) is 9.84. The molecule has 3 nitrogen and oxygen atoms in total. The van der Waals surface area contributed by atoms with Crippen LogP contribution in [0.25, 0.3) is 0 Å². The number of allylic oxidation sites excluding steroid dienone is 1. The Morgan fingerprint density at radius 2 is 2.08 bits per heavy atom. The molecule has 0 amide bonds. The van der Waals surface area contributed by atoms with E-state index in [2.05, 4.69) is 0 Å². The van der Waals surface area contributed by atoms with Crippen LogP contribution < -0.4 is 0 Å².